The molecule has 0 spiro atoms. The molecule has 0 aliphatic carbocycles. The lowest BCUT2D eigenvalue weighted by Crippen LogP contribution is -2.23. The van der Waals surface area contributed by atoms with Gasteiger partial charge in [-0.05, 0) is 36.8 Å². The van der Waals surface area contributed by atoms with Crippen LogP contribution in [-0.2, 0) is 6.54 Å². The van der Waals surface area contributed by atoms with Crippen LogP contribution in [0.15, 0.2) is 18.2 Å². The summed E-state index contributed by atoms with van der Waals surface area (Å²) in [5.74, 6) is 2.67. The number of para-hydroxylation sites is 1. The maximum Gasteiger partial charge on any atom is 0.127 e. The molecule has 1 aromatic carbocycles. The predicted molar refractivity (Wildman–Crippen MR) is 92.2 cm³/mol. The fourth-order valence-corrected chi connectivity index (χ4v) is 3.49. The van der Waals surface area contributed by atoms with Gasteiger partial charge in [-0.2, -0.15) is 0 Å². The maximum absolute atomic E-state index is 6.42. The number of nitrogens with zero attached hydrogens (tertiary/aromatic N) is 2. The number of fused-ring (bicyclic) bond motifs is 1. The normalized spacial score (nSPS) is 13.8. The average molecular weight is 327 g/mol. The van der Waals surface area contributed by atoms with Crippen LogP contribution >= 0.6 is 23.2 Å². The van der Waals surface area contributed by atoms with E-state index in [0.29, 0.717) is 17.8 Å². The first-order chi connectivity index (χ1) is 9.82. The van der Waals surface area contributed by atoms with Gasteiger partial charge in [-0.25, -0.2) is 4.98 Å². The number of rotatable bonds is 5. The highest BCUT2D eigenvalue weighted by Gasteiger charge is 2.23. The van der Waals surface area contributed by atoms with Crippen LogP contribution in [0.1, 0.15) is 45.8 Å². The lowest BCUT2D eigenvalue weighted by molar-refractivity contribution is 0.252. The lowest BCUT2D eigenvalue weighted by Gasteiger charge is -2.27. The third-order valence-corrected chi connectivity index (χ3v) is 4.71. The van der Waals surface area contributed by atoms with Crippen molar-refractivity contribution in [2.45, 2.75) is 46.5 Å². The van der Waals surface area contributed by atoms with Crippen LogP contribution in [-0.4, -0.2) is 9.55 Å². The van der Waals surface area contributed by atoms with Crippen LogP contribution in [0.3, 0.4) is 0 Å². The Morgan fingerprint density at radius 2 is 1.71 bits per heavy atom. The lowest BCUT2D eigenvalue weighted by atomic mass is 9.85. The molecule has 4 heteroatoms. The minimum atomic E-state index is -0.131. The molecule has 0 aliphatic rings. The maximum atomic E-state index is 6.42. The molecule has 0 saturated carbocycles. The minimum Gasteiger partial charge on any atom is -0.325 e. The summed E-state index contributed by atoms with van der Waals surface area (Å²) in [6, 6.07) is 5.86. The van der Waals surface area contributed by atoms with Crippen molar-refractivity contribution in [3.05, 3.63) is 29.0 Å². The molecule has 116 valence electrons. The zero-order valence-corrected chi connectivity index (χ0v) is 14.9. The molecule has 1 aromatic heterocycles. The molecule has 1 atom stereocenters. The smallest absolute Gasteiger partial charge is 0.127 e. The van der Waals surface area contributed by atoms with Crippen LogP contribution in [0.4, 0.5) is 0 Å². The van der Waals surface area contributed by atoms with E-state index in [4.69, 9.17) is 28.2 Å². The van der Waals surface area contributed by atoms with E-state index in [9.17, 15) is 0 Å². The molecule has 0 N–H and O–H groups in total. The third kappa shape index (κ3) is 3.37. The summed E-state index contributed by atoms with van der Waals surface area (Å²) in [6.07, 6.45) is 0. The Hall–Kier alpha value is -0.730. The highest BCUT2D eigenvalue weighted by Crippen LogP contribution is 2.32. The van der Waals surface area contributed by atoms with Crippen LogP contribution in [0, 0.1) is 17.8 Å². The molecule has 2 rings (SSSR count). The van der Waals surface area contributed by atoms with Crippen molar-refractivity contribution < 1.29 is 0 Å². The van der Waals surface area contributed by atoms with Gasteiger partial charge in [0.05, 0.1) is 21.4 Å². The summed E-state index contributed by atoms with van der Waals surface area (Å²) in [6.45, 7) is 12.0. The molecule has 0 amide bonds. The minimum absolute atomic E-state index is 0.131. The summed E-state index contributed by atoms with van der Waals surface area (Å²) in [5.41, 5.74) is 1.93. The summed E-state index contributed by atoms with van der Waals surface area (Å²) >= 11 is 12.8. The number of imidazole rings is 1. The molecule has 1 unspecified atom stereocenters. The van der Waals surface area contributed by atoms with Gasteiger partial charge in [-0.15, -0.1) is 11.6 Å². The van der Waals surface area contributed by atoms with Crippen molar-refractivity contribution in [3.8, 4) is 0 Å². The largest absolute Gasteiger partial charge is 0.325 e. The van der Waals surface area contributed by atoms with Crippen LogP contribution in [0.25, 0.3) is 11.0 Å². The van der Waals surface area contributed by atoms with Gasteiger partial charge in [0, 0.05) is 6.54 Å². The second-order valence-corrected chi connectivity index (χ2v) is 7.52. The molecule has 0 aliphatic heterocycles. The van der Waals surface area contributed by atoms with E-state index in [-0.39, 0.29) is 5.38 Å². The zero-order chi connectivity index (χ0) is 15.7. The Morgan fingerprint density at radius 3 is 2.24 bits per heavy atom. The first kappa shape index (κ1) is 16.6. The first-order valence-electron chi connectivity index (χ1n) is 7.61. The fraction of sp³-hybridized carbons (Fsp3) is 0.588. The van der Waals surface area contributed by atoms with Crippen molar-refractivity contribution in [3.63, 3.8) is 0 Å². The SMILES string of the molecule is CC(Cl)c1nc2cccc(Cl)c2n1CC(C(C)C)C(C)C. The van der Waals surface area contributed by atoms with Gasteiger partial charge in [0.25, 0.3) is 0 Å². The molecule has 0 saturated heterocycles. The number of hydrogen-bond donors (Lipinski definition) is 0. The van der Waals surface area contributed by atoms with Crippen LogP contribution < -0.4 is 0 Å². The Balaban J connectivity index is 2.57. The Morgan fingerprint density at radius 1 is 1.10 bits per heavy atom. The van der Waals surface area contributed by atoms with Crippen molar-refractivity contribution in [1.29, 1.82) is 0 Å². The van der Waals surface area contributed by atoms with Crippen molar-refractivity contribution in [2.75, 3.05) is 0 Å². The molecular formula is C17H24Cl2N2. The second kappa shape index (κ2) is 6.58. The van der Waals surface area contributed by atoms with E-state index in [1.54, 1.807) is 0 Å². The van der Waals surface area contributed by atoms with Gasteiger partial charge in [0.1, 0.15) is 5.82 Å². The zero-order valence-electron chi connectivity index (χ0n) is 13.4. The van der Waals surface area contributed by atoms with Gasteiger partial charge in [0.15, 0.2) is 0 Å². The highest BCUT2D eigenvalue weighted by molar-refractivity contribution is 6.35. The molecule has 0 fully saturated rings. The van der Waals surface area contributed by atoms with E-state index in [2.05, 4.69) is 32.3 Å². The third-order valence-electron chi connectivity index (χ3n) is 4.21. The fourth-order valence-electron chi connectivity index (χ4n) is 3.05. The molecule has 2 aromatic rings. The highest BCUT2D eigenvalue weighted by atomic mass is 35.5. The first-order valence-corrected chi connectivity index (χ1v) is 8.43. The number of aromatic nitrogens is 2. The van der Waals surface area contributed by atoms with Gasteiger partial charge in [0.2, 0.25) is 0 Å². The molecule has 0 radical (unpaired) electrons. The molecule has 1 heterocycles. The summed E-state index contributed by atoms with van der Waals surface area (Å²) in [4.78, 5) is 4.69. The van der Waals surface area contributed by atoms with E-state index >= 15 is 0 Å². The van der Waals surface area contributed by atoms with E-state index in [1.807, 2.05) is 25.1 Å². The van der Waals surface area contributed by atoms with Crippen LogP contribution in [0.2, 0.25) is 5.02 Å². The van der Waals surface area contributed by atoms with Gasteiger partial charge >= 0.3 is 0 Å². The van der Waals surface area contributed by atoms with E-state index in [0.717, 1.165) is 28.4 Å². The average Bonchev–Trinajstić information content (AvgIpc) is 2.75. The topological polar surface area (TPSA) is 17.8 Å². The standard InChI is InChI=1S/C17H24Cl2N2/c1-10(2)13(11(3)4)9-21-16-14(19)7-6-8-15(16)20-17(21)12(5)18/h6-8,10-13H,9H2,1-5H3. The number of benzene rings is 1. The van der Waals surface area contributed by atoms with E-state index < -0.39 is 0 Å². The van der Waals surface area contributed by atoms with Crippen molar-refractivity contribution in [2.24, 2.45) is 17.8 Å². The van der Waals surface area contributed by atoms with Gasteiger partial charge in [-0.3, -0.25) is 0 Å². The second-order valence-electron chi connectivity index (χ2n) is 6.46. The molecule has 2 nitrogen and oxygen atoms in total. The number of alkyl halides is 1. The van der Waals surface area contributed by atoms with Crippen LogP contribution in [0.5, 0.6) is 0 Å². The van der Waals surface area contributed by atoms with Crippen molar-refractivity contribution in [1.82, 2.24) is 9.55 Å². The Bertz CT molecular complexity index is 607. The van der Waals surface area contributed by atoms with Crippen molar-refractivity contribution >= 4 is 34.2 Å². The number of hydrogen-bond acceptors (Lipinski definition) is 1. The summed E-state index contributed by atoms with van der Waals surface area (Å²) < 4.78 is 2.22. The summed E-state index contributed by atoms with van der Waals surface area (Å²) in [5, 5.41) is 0.614. The van der Waals surface area contributed by atoms with E-state index in [1.165, 1.54) is 0 Å². The quantitative estimate of drug-likeness (QED) is 0.624. The molecular weight excluding hydrogens is 303 g/mol. The van der Waals surface area contributed by atoms with Gasteiger partial charge in [-0.1, -0.05) is 45.4 Å². The molecule has 0 bridgehead atoms. The summed E-state index contributed by atoms with van der Waals surface area (Å²) in [7, 11) is 0. The number of halogens is 2. The monoisotopic (exact) mass is 326 g/mol. The predicted octanol–water partition coefficient (Wildman–Crippen LogP) is 5.92. The molecule has 21 heavy (non-hydrogen) atoms. The Kier molecular flexibility index (Phi) is 5.21. The Labute approximate surface area is 137 Å². The van der Waals surface area contributed by atoms with Gasteiger partial charge < -0.3 is 4.57 Å².